The number of aliphatic hydroxyl groups excluding tert-OH is 3. The number of fused-ring (bicyclic) bond motifs is 3. The van der Waals surface area contributed by atoms with Gasteiger partial charge in [0, 0.05) is 19.6 Å². The first-order valence-electron chi connectivity index (χ1n) is 23.6. The molecule has 0 aromatic carbocycles. The van der Waals surface area contributed by atoms with Crippen LogP contribution in [0.1, 0.15) is 38.4 Å². The van der Waals surface area contributed by atoms with Crippen molar-refractivity contribution in [1.29, 1.82) is 0 Å². The number of aromatic nitrogens is 12. The van der Waals surface area contributed by atoms with Crippen molar-refractivity contribution in [3.63, 3.8) is 0 Å². The van der Waals surface area contributed by atoms with E-state index in [4.69, 9.17) is 59.0 Å². The molecule has 0 aliphatic carbocycles. The lowest BCUT2D eigenvalue weighted by atomic mass is 9.99. The average molecular weight is 1220 g/mol. The highest BCUT2D eigenvalue weighted by Gasteiger charge is 2.53. The Morgan fingerprint density at radius 2 is 1.36 bits per heavy atom. The Hall–Kier alpha value is -5.15. The largest absolute Gasteiger partial charge is 0.756 e. The molecule has 3 fully saturated rings. The summed E-state index contributed by atoms with van der Waals surface area (Å²) in [5, 5.41) is 33.2. The zero-order chi connectivity index (χ0) is 57.8. The van der Waals surface area contributed by atoms with E-state index in [-0.39, 0.29) is 64.4 Å². The van der Waals surface area contributed by atoms with Crippen LogP contribution in [0.5, 0.6) is 0 Å². The number of aliphatic hydroxyl groups is 3. The molecule has 9 rings (SSSR count). The molecule has 3 saturated heterocycles. The fourth-order valence-electron chi connectivity index (χ4n) is 9.04. The van der Waals surface area contributed by atoms with Crippen LogP contribution >= 0.6 is 31.3 Å². The number of aryl methyl sites for hydroxylation is 1. The number of nitrogens with one attached hydrogen (secondary N) is 2. The molecule has 16 atom stereocenters. The smallest absolute Gasteiger partial charge is 0.490 e. The Bertz CT molecular complexity index is 3570. The number of imidazole rings is 3. The molecule has 39 nitrogen and oxygen atoms in total. The third kappa shape index (κ3) is 12.4. The topological polar surface area (TPSA) is 554 Å². The Morgan fingerprint density at radius 1 is 0.738 bits per heavy atom. The summed E-state index contributed by atoms with van der Waals surface area (Å²) in [6, 6.07) is 0. The summed E-state index contributed by atoms with van der Waals surface area (Å²) in [4.78, 5) is 99.3. The van der Waals surface area contributed by atoms with Crippen molar-refractivity contribution >= 4 is 82.5 Å². The summed E-state index contributed by atoms with van der Waals surface area (Å²) in [7, 11) is -21.1. The summed E-state index contributed by atoms with van der Waals surface area (Å²) in [5.74, 6) is -1.71. The maximum atomic E-state index is 13.6. The van der Waals surface area contributed by atoms with E-state index in [9.17, 15) is 62.7 Å². The Balaban J connectivity index is 0.872. The zero-order valence-electron chi connectivity index (χ0n) is 41.7. The third-order valence-corrected chi connectivity index (χ3v) is 17.9. The van der Waals surface area contributed by atoms with Crippen LogP contribution in [0.25, 0.3) is 33.5 Å². The van der Waals surface area contributed by atoms with Crippen molar-refractivity contribution in [2.75, 3.05) is 57.3 Å². The number of H-pyrrole nitrogens is 2. The lowest BCUT2D eigenvalue weighted by Gasteiger charge is -2.31. The van der Waals surface area contributed by atoms with Crippen molar-refractivity contribution in [1.82, 2.24) is 53.6 Å². The van der Waals surface area contributed by atoms with Crippen molar-refractivity contribution in [3.05, 3.63) is 46.0 Å². The van der Waals surface area contributed by atoms with E-state index in [1.807, 2.05) is 6.92 Å². The Morgan fingerprint density at radius 3 is 2.05 bits per heavy atom. The number of phosphoric ester groups is 3. The average Bonchev–Trinajstić information content (AvgIpc) is 4.29. The van der Waals surface area contributed by atoms with Gasteiger partial charge >= 0.3 is 29.1 Å². The number of ether oxygens (including phenoxy) is 5. The number of hydrogen-bond donors (Lipinski definition) is 11. The number of phosphoric acid groups is 4. The van der Waals surface area contributed by atoms with E-state index in [0.29, 0.717) is 6.42 Å². The standard InChI is InChI=1S/C37H53N15O24P4/c1-4-5-6-67-7-15-16(71-33(22(15)53)52-14-49(2)21-30(52)46-37(40)48-32(21)57)8-69-78(60,61)75-80(64,65)76-79(62,63)70-10-18-25(26(66-3)35(73-18)50-12-43-19-27(38)41-11-42-28(19)50)74-77(58,59)68-9-17-23(54)24(55)34(72-17)51-13-44-20-29(51)45-36(39)47-31(20)56/h11-18,22-26,33-35,53-55H,4-10H2,1-3H3,(H11-,38,39,40,41,42,45,46,47,48,56,57,58,59,60,61,62,63,64,65)/t15-,16-,17-,18-,22-,23-,24-,25-,26-,33-,34-,35-/m1/s1. The lowest BCUT2D eigenvalue weighted by molar-refractivity contribution is -0.745. The van der Waals surface area contributed by atoms with Crippen LogP contribution in [-0.2, 0) is 75.7 Å². The van der Waals surface area contributed by atoms with Crippen molar-refractivity contribution in [2.45, 2.75) is 87.3 Å². The fourth-order valence-corrected chi connectivity index (χ4v) is 13.5. The molecule has 9 heterocycles. The van der Waals surface area contributed by atoms with Gasteiger partial charge in [0.1, 0.15) is 54.6 Å². The second-order valence-corrected chi connectivity index (χ2v) is 24.0. The molecule has 14 N–H and O–H groups in total. The molecule has 0 bridgehead atoms. The van der Waals surface area contributed by atoms with Crippen molar-refractivity contribution < 1.29 is 108 Å². The van der Waals surface area contributed by atoms with Gasteiger partial charge in [-0.3, -0.25) is 46.9 Å². The number of anilines is 3. The number of aromatic amines is 2. The van der Waals surface area contributed by atoms with Gasteiger partial charge in [0.15, 0.2) is 41.4 Å². The molecule has 0 radical (unpaired) electrons. The van der Waals surface area contributed by atoms with Gasteiger partial charge in [-0.2, -0.15) is 13.6 Å². The van der Waals surface area contributed by atoms with Gasteiger partial charge in [-0.25, -0.2) is 38.2 Å². The maximum Gasteiger partial charge on any atom is 0.490 e. The minimum Gasteiger partial charge on any atom is -0.756 e. The Kier molecular flexibility index (Phi) is 17.3. The van der Waals surface area contributed by atoms with Gasteiger partial charge < -0.3 is 84.8 Å². The number of rotatable bonds is 24. The molecule has 0 amide bonds. The molecule has 3 aliphatic rings. The third-order valence-electron chi connectivity index (χ3n) is 12.7. The number of nitrogen functional groups attached to an aromatic ring is 3. The fraction of sp³-hybridized carbons (Fsp3) is 0.595. The molecule has 4 unspecified atom stereocenters. The number of nitrogens with zero attached hydrogens (tertiary/aromatic N) is 10. The minimum atomic E-state index is -6.20. The van der Waals surface area contributed by atoms with Crippen LogP contribution in [-0.4, -0.2) is 173 Å². The highest BCUT2D eigenvalue weighted by molar-refractivity contribution is 7.66. The van der Waals surface area contributed by atoms with Crippen LogP contribution < -0.4 is 37.8 Å². The number of nitrogens with two attached hydrogens (primary N) is 3. The van der Waals surface area contributed by atoms with Gasteiger partial charge in [0.05, 0.1) is 52.2 Å². The van der Waals surface area contributed by atoms with E-state index >= 15 is 0 Å². The van der Waals surface area contributed by atoms with Gasteiger partial charge in [0.2, 0.25) is 17.7 Å². The molecule has 80 heavy (non-hydrogen) atoms. The summed E-state index contributed by atoms with van der Waals surface area (Å²) >= 11 is 0. The van der Waals surface area contributed by atoms with Gasteiger partial charge in [-0.1, -0.05) is 18.3 Å². The van der Waals surface area contributed by atoms with Crippen LogP contribution in [0.4, 0.5) is 17.7 Å². The molecule has 6 aromatic heterocycles. The molecule has 0 spiro atoms. The highest BCUT2D eigenvalue weighted by atomic mass is 31.3. The van der Waals surface area contributed by atoms with E-state index in [2.05, 4.69) is 48.5 Å². The number of hydrogen-bond acceptors (Lipinski definition) is 30. The molecule has 6 aromatic rings. The molecule has 440 valence electrons. The summed E-state index contributed by atoms with van der Waals surface area (Å²) in [6.07, 6.45) is -11.8. The SMILES string of the molecule is CCCCOC[C@H]1[C@@H](O)[C@H]([n+]2cn(C)c3c(=O)[nH]c(N)nc32)O[C@@H]1COP(=O)(O)OP(=O)(O)OP(=O)(O)OC[C@H]1O[C@@H](n2cnc3c(N)ncnc32)[C@H](OC)[C@@H]1OP(=O)([O-])OC[C@H]1O[C@@H](n2cnc3c(=O)[nH]c(N)nc32)[C@H](O)[C@@H]1O. The summed E-state index contributed by atoms with van der Waals surface area (Å²) in [6.45, 7) is -1.35. The van der Waals surface area contributed by atoms with Crippen LogP contribution in [0.15, 0.2) is 34.9 Å². The van der Waals surface area contributed by atoms with E-state index in [1.54, 1.807) is 0 Å². The zero-order valence-corrected chi connectivity index (χ0v) is 45.3. The maximum absolute atomic E-state index is 13.6. The predicted molar refractivity (Wildman–Crippen MR) is 260 cm³/mol. The number of unbranched alkanes of at least 4 members (excludes halogenated alkanes) is 1. The van der Waals surface area contributed by atoms with Gasteiger partial charge in [0.25, 0.3) is 24.9 Å². The van der Waals surface area contributed by atoms with Crippen molar-refractivity contribution in [2.24, 2.45) is 13.0 Å². The molecule has 0 saturated carbocycles. The van der Waals surface area contributed by atoms with Crippen LogP contribution in [0, 0.1) is 5.92 Å². The first kappa shape index (κ1) is 59.5. The monoisotopic (exact) mass is 1220 g/mol. The first-order valence-corrected chi connectivity index (χ1v) is 29.5. The van der Waals surface area contributed by atoms with E-state index in [1.165, 1.54) is 27.1 Å². The summed E-state index contributed by atoms with van der Waals surface area (Å²) < 4.78 is 116. The van der Waals surface area contributed by atoms with Gasteiger partial charge in [-0.05, 0) is 6.42 Å². The molecule has 3 aliphatic heterocycles. The first-order chi connectivity index (χ1) is 37.7. The van der Waals surface area contributed by atoms with Gasteiger partial charge in [-0.15, -0.1) is 0 Å². The second-order valence-electron chi connectivity index (χ2n) is 18.0. The van der Waals surface area contributed by atoms with E-state index < -0.39 is 136 Å². The Labute approximate surface area is 446 Å². The lowest BCUT2D eigenvalue weighted by Crippen LogP contribution is -2.45. The van der Waals surface area contributed by atoms with Crippen LogP contribution in [0.2, 0.25) is 0 Å². The summed E-state index contributed by atoms with van der Waals surface area (Å²) in [5.41, 5.74) is 15.7. The number of methoxy groups -OCH3 is 1. The minimum absolute atomic E-state index is 0.000912. The second kappa shape index (κ2) is 23.2. The molecular weight excluding hydrogens is 1160 g/mol. The van der Waals surface area contributed by atoms with Crippen molar-refractivity contribution in [3.8, 4) is 0 Å². The quantitative estimate of drug-likeness (QED) is 0.0161. The molecule has 43 heteroatoms. The highest BCUT2D eigenvalue weighted by Crippen LogP contribution is 2.68. The normalized spacial score (nSPS) is 29.3. The van der Waals surface area contributed by atoms with Crippen LogP contribution in [0.3, 0.4) is 0 Å². The molecular formula is C37H53N15O24P4. The van der Waals surface area contributed by atoms with E-state index in [0.717, 1.165) is 37.1 Å². The predicted octanol–water partition coefficient (Wildman–Crippen LogP) is -3.27.